The third-order valence-electron chi connectivity index (χ3n) is 3.84. The van der Waals surface area contributed by atoms with Gasteiger partial charge in [0.25, 0.3) is 0 Å². The zero-order chi connectivity index (χ0) is 11.8. The summed E-state index contributed by atoms with van der Waals surface area (Å²) in [5.74, 6) is -0.680. The number of ether oxygens (including phenoxy) is 2. The number of hydrogen-bond acceptors (Lipinski definition) is 4. The molecule has 0 aromatic carbocycles. The first-order chi connectivity index (χ1) is 7.58. The van der Waals surface area contributed by atoms with E-state index in [0.29, 0.717) is 6.61 Å². The fourth-order valence-corrected chi connectivity index (χ4v) is 2.78. The van der Waals surface area contributed by atoms with E-state index in [1.165, 1.54) is 0 Å². The first kappa shape index (κ1) is 11.2. The molecule has 1 aliphatic carbocycles. The van der Waals surface area contributed by atoms with Crippen LogP contribution in [0.25, 0.3) is 0 Å². The van der Waals surface area contributed by atoms with Crippen LogP contribution in [-0.2, 0) is 19.1 Å². The summed E-state index contributed by atoms with van der Waals surface area (Å²) in [6.45, 7) is 5.81. The second kappa shape index (κ2) is 3.92. The van der Waals surface area contributed by atoms with Crippen LogP contribution in [0.1, 0.15) is 26.2 Å². The summed E-state index contributed by atoms with van der Waals surface area (Å²) in [6, 6.07) is 0. The van der Waals surface area contributed by atoms with Crippen LogP contribution in [-0.4, -0.2) is 24.6 Å². The maximum Gasteiger partial charge on any atom is 0.330 e. The van der Waals surface area contributed by atoms with Gasteiger partial charge < -0.3 is 9.47 Å². The minimum atomic E-state index is -0.411. The third-order valence-corrected chi connectivity index (χ3v) is 3.84. The predicted molar refractivity (Wildman–Crippen MR) is 56.5 cm³/mol. The lowest BCUT2D eigenvalue weighted by Gasteiger charge is -2.38. The summed E-state index contributed by atoms with van der Waals surface area (Å²) in [4.78, 5) is 22.8. The van der Waals surface area contributed by atoms with Crippen molar-refractivity contribution >= 4 is 11.9 Å². The van der Waals surface area contributed by atoms with Gasteiger partial charge in [-0.25, -0.2) is 4.79 Å². The first-order valence-electron chi connectivity index (χ1n) is 5.57. The topological polar surface area (TPSA) is 52.6 Å². The molecule has 3 unspecified atom stereocenters. The van der Waals surface area contributed by atoms with E-state index in [-0.39, 0.29) is 23.4 Å². The molecule has 1 saturated heterocycles. The molecular formula is C12H16O4. The Morgan fingerprint density at radius 3 is 3.06 bits per heavy atom. The summed E-state index contributed by atoms with van der Waals surface area (Å²) >= 11 is 0. The monoisotopic (exact) mass is 224 g/mol. The van der Waals surface area contributed by atoms with E-state index in [4.69, 9.17) is 9.47 Å². The number of rotatable bonds is 2. The van der Waals surface area contributed by atoms with Crippen molar-refractivity contribution in [2.45, 2.75) is 32.3 Å². The van der Waals surface area contributed by atoms with Crippen molar-refractivity contribution in [2.24, 2.45) is 11.3 Å². The molecule has 0 aromatic heterocycles. The van der Waals surface area contributed by atoms with Crippen LogP contribution < -0.4 is 0 Å². The molecule has 0 amide bonds. The van der Waals surface area contributed by atoms with Gasteiger partial charge in [-0.05, 0) is 19.3 Å². The summed E-state index contributed by atoms with van der Waals surface area (Å²) in [6.07, 6.45) is 3.22. The Bertz CT molecular complexity index is 336. The first-order valence-corrected chi connectivity index (χ1v) is 5.57. The number of carbonyl (C=O) groups excluding carboxylic acids is 2. The van der Waals surface area contributed by atoms with Crippen LogP contribution >= 0.6 is 0 Å². The van der Waals surface area contributed by atoms with Crippen molar-refractivity contribution in [3.05, 3.63) is 12.7 Å². The van der Waals surface area contributed by atoms with Crippen molar-refractivity contribution in [3.8, 4) is 0 Å². The fraction of sp³-hybridized carbons (Fsp3) is 0.667. The molecule has 4 heteroatoms. The normalized spacial score (nSPS) is 37.4. The quantitative estimate of drug-likeness (QED) is 0.526. The smallest absolute Gasteiger partial charge is 0.330 e. The highest BCUT2D eigenvalue weighted by atomic mass is 16.6. The summed E-state index contributed by atoms with van der Waals surface area (Å²) in [5.41, 5.74) is -0.256. The number of carbonyl (C=O) groups is 2. The van der Waals surface area contributed by atoms with Crippen molar-refractivity contribution in [1.82, 2.24) is 0 Å². The number of esters is 2. The SMILES string of the molecule is C=CC(=O)OC1CCC2C(=O)OCCC12C. The lowest BCUT2D eigenvalue weighted by Crippen LogP contribution is -2.43. The highest BCUT2D eigenvalue weighted by molar-refractivity contribution is 5.81. The second-order valence-corrected chi connectivity index (χ2v) is 4.68. The van der Waals surface area contributed by atoms with Gasteiger partial charge in [0.2, 0.25) is 0 Å². The molecule has 0 bridgehead atoms. The zero-order valence-electron chi connectivity index (χ0n) is 9.40. The molecule has 4 nitrogen and oxygen atoms in total. The van der Waals surface area contributed by atoms with E-state index >= 15 is 0 Å². The number of cyclic esters (lactones) is 1. The summed E-state index contributed by atoms with van der Waals surface area (Å²) in [7, 11) is 0. The molecule has 88 valence electrons. The van der Waals surface area contributed by atoms with E-state index in [2.05, 4.69) is 6.58 Å². The molecule has 16 heavy (non-hydrogen) atoms. The molecule has 0 N–H and O–H groups in total. The van der Waals surface area contributed by atoms with Crippen LogP contribution in [0, 0.1) is 11.3 Å². The maximum absolute atomic E-state index is 11.6. The van der Waals surface area contributed by atoms with Gasteiger partial charge in [-0.15, -0.1) is 0 Å². The molecule has 3 atom stereocenters. The van der Waals surface area contributed by atoms with Crippen LogP contribution in [0.2, 0.25) is 0 Å². The molecule has 0 radical (unpaired) electrons. The standard InChI is InChI=1S/C12H16O4/c1-3-10(13)16-9-5-4-8-11(14)15-7-6-12(8,9)2/h3,8-9H,1,4-7H2,2H3. The summed E-state index contributed by atoms with van der Waals surface area (Å²) in [5, 5.41) is 0. The molecule has 0 aromatic rings. The van der Waals surface area contributed by atoms with Gasteiger partial charge in [0, 0.05) is 11.5 Å². The van der Waals surface area contributed by atoms with Gasteiger partial charge in [0.05, 0.1) is 12.5 Å². The molecule has 0 spiro atoms. The minimum absolute atomic E-state index is 0.121. The molecule has 2 fully saturated rings. The van der Waals surface area contributed by atoms with E-state index < -0.39 is 5.97 Å². The molecule has 1 heterocycles. The number of hydrogen-bond donors (Lipinski definition) is 0. The van der Waals surface area contributed by atoms with E-state index in [9.17, 15) is 9.59 Å². The Morgan fingerprint density at radius 1 is 1.62 bits per heavy atom. The maximum atomic E-state index is 11.6. The van der Waals surface area contributed by atoms with Crippen molar-refractivity contribution in [2.75, 3.05) is 6.61 Å². The Hall–Kier alpha value is -1.32. The molecule has 1 saturated carbocycles. The van der Waals surface area contributed by atoms with E-state index in [0.717, 1.165) is 25.3 Å². The van der Waals surface area contributed by atoms with Crippen LogP contribution in [0.3, 0.4) is 0 Å². The Balaban J connectivity index is 2.14. The number of fused-ring (bicyclic) bond motifs is 1. The van der Waals surface area contributed by atoms with Gasteiger partial charge in [-0.2, -0.15) is 0 Å². The predicted octanol–water partition coefficient (Wildman–Crippen LogP) is 1.45. The Labute approximate surface area is 94.6 Å². The third kappa shape index (κ3) is 1.62. The second-order valence-electron chi connectivity index (χ2n) is 4.68. The van der Waals surface area contributed by atoms with Crippen molar-refractivity contribution < 1.29 is 19.1 Å². The van der Waals surface area contributed by atoms with Gasteiger partial charge in [0.1, 0.15) is 6.10 Å². The average Bonchev–Trinajstić information content (AvgIpc) is 2.57. The Kier molecular flexibility index (Phi) is 2.74. The van der Waals surface area contributed by atoms with Crippen LogP contribution in [0.5, 0.6) is 0 Å². The Morgan fingerprint density at radius 2 is 2.38 bits per heavy atom. The van der Waals surface area contributed by atoms with Gasteiger partial charge >= 0.3 is 11.9 Å². The van der Waals surface area contributed by atoms with Crippen molar-refractivity contribution in [3.63, 3.8) is 0 Å². The van der Waals surface area contributed by atoms with Gasteiger partial charge in [0.15, 0.2) is 0 Å². The highest BCUT2D eigenvalue weighted by Gasteiger charge is 2.54. The molecule has 2 rings (SSSR count). The highest BCUT2D eigenvalue weighted by Crippen LogP contribution is 2.50. The largest absolute Gasteiger partial charge is 0.465 e. The molecule has 1 aliphatic heterocycles. The van der Waals surface area contributed by atoms with E-state index in [1.807, 2.05) is 6.92 Å². The average molecular weight is 224 g/mol. The lowest BCUT2D eigenvalue weighted by atomic mass is 9.74. The van der Waals surface area contributed by atoms with Gasteiger partial charge in [-0.1, -0.05) is 13.5 Å². The zero-order valence-corrected chi connectivity index (χ0v) is 9.40. The van der Waals surface area contributed by atoms with Crippen LogP contribution in [0.15, 0.2) is 12.7 Å². The minimum Gasteiger partial charge on any atom is -0.465 e. The molecular weight excluding hydrogens is 208 g/mol. The lowest BCUT2D eigenvalue weighted by molar-refractivity contribution is -0.170. The summed E-state index contributed by atoms with van der Waals surface area (Å²) < 4.78 is 10.4. The van der Waals surface area contributed by atoms with E-state index in [1.54, 1.807) is 0 Å². The van der Waals surface area contributed by atoms with Crippen LogP contribution in [0.4, 0.5) is 0 Å². The van der Waals surface area contributed by atoms with Crippen molar-refractivity contribution in [1.29, 1.82) is 0 Å². The fourth-order valence-electron chi connectivity index (χ4n) is 2.78. The molecule has 2 aliphatic rings. The van der Waals surface area contributed by atoms with Gasteiger partial charge in [-0.3, -0.25) is 4.79 Å².